The fourth-order valence-corrected chi connectivity index (χ4v) is 2.42. The summed E-state index contributed by atoms with van der Waals surface area (Å²) in [4.78, 5) is 0. The third-order valence-corrected chi connectivity index (χ3v) is 3.51. The molecule has 0 amide bonds. The smallest absolute Gasteiger partial charge is 0.141 e. The molecule has 0 aliphatic heterocycles. The molecular weight excluding hydrogens is 277 g/mol. The van der Waals surface area contributed by atoms with Crippen LogP contribution < -0.4 is 5.32 Å². The topological polar surface area (TPSA) is 29.9 Å². The van der Waals surface area contributed by atoms with Crippen LogP contribution in [0.25, 0.3) is 0 Å². The van der Waals surface area contributed by atoms with Gasteiger partial charge in [-0.25, -0.2) is 4.39 Å². The van der Waals surface area contributed by atoms with Crippen molar-refractivity contribution in [3.8, 4) is 0 Å². The Morgan fingerprint density at radius 3 is 2.80 bits per heavy atom. The minimum atomic E-state index is -0.395. The first-order valence-electron chi connectivity index (χ1n) is 6.87. The maximum atomic E-state index is 13.3. The molecule has 3 nitrogen and oxygen atoms in total. The van der Waals surface area contributed by atoms with Gasteiger partial charge in [-0.2, -0.15) is 5.10 Å². The Balaban J connectivity index is 2.38. The number of hydrogen-bond acceptors (Lipinski definition) is 2. The highest BCUT2D eigenvalue weighted by atomic mass is 35.5. The van der Waals surface area contributed by atoms with Gasteiger partial charge in [-0.3, -0.25) is 4.68 Å². The maximum absolute atomic E-state index is 13.3. The monoisotopic (exact) mass is 295 g/mol. The Morgan fingerprint density at radius 2 is 2.15 bits per heavy atom. The van der Waals surface area contributed by atoms with Crippen molar-refractivity contribution in [2.75, 3.05) is 6.54 Å². The van der Waals surface area contributed by atoms with E-state index in [9.17, 15) is 4.39 Å². The van der Waals surface area contributed by atoms with E-state index < -0.39 is 5.82 Å². The van der Waals surface area contributed by atoms with Crippen LogP contribution in [-0.2, 0) is 6.54 Å². The van der Waals surface area contributed by atoms with Crippen LogP contribution in [0.3, 0.4) is 0 Å². The molecule has 0 bridgehead atoms. The van der Waals surface area contributed by atoms with Crippen molar-refractivity contribution in [2.24, 2.45) is 0 Å². The molecule has 1 atom stereocenters. The van der Waals surface area contributed by atoms with Crippen molar-refractivity contribution < 1.29 is 4.39 Å². The Hall–Kier alpha value is -1.39. The first kappa shape index (κ1) is 15.0. The number of nitrogens with one attached hydrogen (secondary N) is 1. The van der Waals surface area contributed by atoms with Crippen LogP contribution in [-0.4, -0.2) is 16.3 Å². The number of halogens is 2. The normalized spacial score (nSPS) is 12.6. The zero-order valence-electron chi connectivity index (χ0n) is 11.7. The molecule has 20 heavy (non-hydrogen) atoms. The minimum absolute atomic E-state index is 0.0319. The second kappa shape index (κ2) is 6.86. The van der Waals surface area contributed by atoms with Crippen LogP contribution in [0.2, 0.25) is 5.02 Å². The molecular formula is C15H19ClFN3. The summed E-state index contributed by atoms with van der Waals surface area (Å²) >= 11 is 5.90. The van der Waals surface area contributed by atoms with Crippen molar-refractivity contribution in [3.05, 3.63) is 52.6 Å². The quantitative estimate of drug-likeness (QED) is 0.879. The molecule has 1 aromatic carbocycles. The lowest BCUT2D eigenvalue weighted by Gasteiger charge is -2.20. The predicted molar refractivity (Wildman–Crippen MR) is 79.4 cm³/mol. The van der Waals surface area contributed by atoms with E-state index in [4.69, 9.17) is 11.6 Å². The number of aromatic nitrogens is 2. The second-order valence-electron chi connectivity index (χ2n) is 4.63. The van der Waals surface area contributed by atoms with Crippen LogP contribution in [0.1, 0.15) is 37.6 Å². The molecule has 0 aliphatic carbocycles. The molecule has 1 unspecified atom stereocenters. The first-order valence-corrected chi connectivity index (χ1v) is 7.25. The van der Waals surface area contributed by atoms with Gasteiger partial charge in [-0.1, -0.05) is 24.6 Å². The zero-order chi connectivity index (χ0) is 14.5. The van der Waals surface area contributed by atoms with Crippen LogP contribution in [0.5, 0.6) is 0 Å². The van der Waals surface area contributed by atoms with E-state index in [1.807, 2.05) is 17.7 Å². The number of benzene rings is 1. The van der Waals surface area contributed by atoms with Crippen molar-refractivity contribution in [1.82, 2.24) is 15.1 Å². The van der Waals surface area contributed by atoms with Gasteiger partial charge in [0.15, 0.2) is 0 Å². The van der Waals surface area contributed by atoms with Gasteiger partial charge in [0, 0.05) is 12.7 Å². The van der Waals surface area contributed by atoms with Gasteiger partial charge in [0.2, 0.25) is 0 Å². The van der Waals surface area contributed by atoms with Crippen molar-refractivity contribution in [3.63, 3.8) is 0 Å². The second-order valence-corrected chi connectivity index (χ2v) is 5.04. The lowest BCUT2D eigenvalue weighted by Crippen LogP contribution is -2.25. The molecule has 5 heteroatoms. The largest absolute Gasteiger partial charge is 0.305 e. The lowest BCUT2D eigenvalue weighted by atomic mass is 10.0. The third kappa shape index (κ3) is 3.19. The Kier molecular flexibility index (Phi) is 5.15. The average molecular weight is 296 g/mol. The standard InChI is InChI=1S/C15H19ClFN3/c1-3-8-18-15(14-7-9-19-20(14)4-2)11-5-6-13(17)12(16)10-11/h5-7,9-10,15,18H,3-4,8H2,1-2H3. The van der Waals surface area contributed by atoms with E-state index in [0.717, 1.165) is 30.8 Å². The van der Waals surface area contributed by atoms with Gasteiger partial charge >= 0.3 is 0 Å². The van der Waals surface area contributed by atoms with Gasteiger partial charge in [0.1, 0.15) is 5.82 Å². The van der Waals surface area contributed by atoms with Gasteiger partial charge < -0.3 is 5.32 Å². The molecule has 1 aromatic heterocycles. The van der Waals surface area contributed by atoms with Gasteiger partial charge in [0.25, 0.3) is 0 Å². The fourth-order valence-electron chi connectivity index (χ4n) is 2.23. The number of nitrogens with zero attached hydrogens (tertiary/aromatic N) is 2. The van der Waals surface area contributed by atoms with Crippen LogP contribution in [0, 0.1) is 5.82 Å². The van der Waals surface area contributed by atoms with E-state index in [-0.39, 0.29) is 11.1 Å². The number of hydrogen-bond donors (Lipinski definition) is 1. The van der Waals surface area contributed by atoms with Crippen LogP contribution in [0.15, 0.2) is 30.5 Å². The summed E-state index contributed by atoms with van der Waals surface area (Å²) in [5.74, 6) is -0.395. The summed E-state index contributed by atoms with van der Waals surface area (Å²) in [6.45, 7) is 5.82. The van der Waals surface area contributed by atoms with Crippen LogP contribution >= 0.6 is 11.6 Å². The fraction of sp³-hybridized carbons (Fsp3) is 0.400. The summed E-state index contributed by atoms with van der Waals surface area (Å²) in [5, 5.41) is 7.91. The molecule has 0 saturated heterocycles. The molecule has 0 radical (unpaired) electrons. The van der Waals surface area contributed by atoms with E-state index in [1.54, 1.807) is 18.3 Å². The number of aryl methyl sites for hydroxylation is 1. The van der Waals surface area contributed by atoms with Crippen molar-refractivity contribution in [2.45, 2.75) is 32.9 Å². The van der Waals surface area contributed by atoms with Gasteiger partial charge in [-0.05, 0) is 43.7 Å². The SMILES string of the molecule is CCCNC(c1ccc(F)c(Cl)c1)c1ccnn1CC. The van der Waals surface area contributed by atoms with Crippen LogP contribution in [0.4, 0.5) is 4.39 Å². The molecule has 1 N–H and O–H groups in total. The van der Waals surface area contributed by atoms with Crippen molar-refractivity contribution in [1.29, 1.82) is 0 Å². The van der Waals surface area contributed by atoms with Crippen molar-refractivity contribution >= 4 is 11.6 Å². The zero-order valence-corrected chi connectivity index (χ0v) is 12.5. The van der Waals surface area contributed by atoms with E-state index in [1.165, 1.54) is 6.07 Å². The summed E-state index contributed by atoms with van der Waals surface area (Å²) in [5.41, 5.74) is 2.00. The highest BCUT2D eigenvalue weighted by Gasteiger charge is 2.18. The van der Waals surface area contributed by atoms with Gasteiger partial charge in [0.05, 0.1) is 16.8 Å². The van der Waals surface area contributed by atoms with E-state index >= 15 is 0 Å². The predicted octanol–water partition coefficient (Wildman–Crippen LogP) is 3.78. The molecule has 1 heterocycles. The summed E-state index contributed by atoms with van der Waals surface area (Å²) in [6, 6.07) is 6.80. The minimum Gasteiger partial charge on any atom is -0.305 e. The highest BCUT2D eigenvalue weighted by Crippen LogP contribution is 2.26. The maximum Gasteiger partial charge on any atom is 0.141 e. The van der Waals surface area contributed by atoms with E-state index in [2.05, 4.69) is 17.3 Å². The lowest BCUT2D eigenvalue weighted by molar-refractivity contribution is 0.528. The molecule has 0 fully saturated rings. The Bertz CT molecular complexity index is 568. The summed E-state index contributed by atoms with van der Waals surface area (Å²) < 4.78 is 15.3. The highest BCUT2D eigenvalue weighted by molar-refractivity contribution is 6.30. The number of rotatable bonds is 6. The Labute approximate surface area is 123 Å². The molecule has 108 valence electrons. The summed E-state index contributed by atoms with van der Waals surface area (Å²) in [7, 11) is 0. The van der Waals surface area contributed by atoms with Gasteiger partial charge in [-0.15, -0.1) is 0 Å². The first-order chi connectivity index (χ1) is 9.67. The Morgan fingerprint density at radius 1 is 1.35 bits per heavy atom. The van der Waals surface area contributed by atoms with E-state index in [0.29, 0.717) is 0 Å². The molecule has 0 spiro atoms. The molecule has 2 aromatic rings. The molecule has 0 saturated carbocycles. The summed E-state index contributed by atoms with van der Waals surface area (Å²) in [6.07, 6.45) is 2.80. The molecule has 2 rings (SSSR count). The third-order valence-electron chi connectivity index (χ3n) is 3.22. The average Bonchev–Trinajstić information content (AvgIpc) is 2.91. The molecule has 0 aliphatic rings.